The predicted octanol–water partition coefficient (Wildman–Crippen LogP) is 2.57. The van der Waals surface area contributed by atoms with E-state index in [-0.39, 0.29) is 0 Å². The zero-order valence-electron chi connectivity index (χ0n) is 14.3. The van der Waals surface area contributed by atoms with Crippen LogP contribution in [0.1, 0.15) is 12.5 Å². The van der Waals surface area contributed by atoms with Crippen LogP contribution in [0.4, 0.5) is 0 Å². The minimum Gasteiger partial charge on any atom is -0.487 e. The Morgan fingerprint density at radius 3 is 2.28 bits per heavy atom. The van der Waals surface area contributed by atoms with E-state index in [2.05, 4.69) is 21.9 Å². The van der Waals surface area contributed by atoms with E-state index < -0.39 is 5.97 Å². The van der Waals surface area contributed by atoms with Crippen molar-refractivity contribution < 1.29 is 28.5 Å². The second kappa shape index (κ2) is 13.7. The molecule has 0 spiro atoms. The third kappa shape index (κ3) is 10.1. The highest BCUT2D eigenvalue weighted by molar-refractivity contribution is 9.08. The van der Waals surface area contributed by atoms with Crippen LogP contribution in [0.5, 0.6) is 11.5 Å². The van der Waals surface area contributed by atoms with Gasteiger partial charge in [0.2, 0.25) is 0 Å². The van der Waals surface area contributed by atoms with E-state index in [1.807, 2.05) is 12.1 Å². The van der Waals surface area contributed by atoms with Crippen molar-refractivity contribution in [2.24, 2.45) is 0 Å². The Morgan fingerprint density at radius 2 is 1.68 bits per heavy atom. The minimum atomic E-state index is -0.393. The van der Waals surface area contributed by atoms with Crippen LogP contribution >= 0.6 is 15.9 Å². The van der Waals surface area contributed by atoms with E-state index in [0.717, 1.165) is 5.56 Å². The van der Waals surface area contributed by atoms with Gasteiger partial charge in [-0.05, 0) is 17.7 Å². The highest BCUT2D eigenvalue weighted by Gasteiger charge is 2.09. The van der Waals surface area contributed by atoms with Crippen molar-refractivity contribution in [2.75, 3.05) is 46.2 Å². The van der Waals surface area contributed by atoms with Gasteiger partial charge in [0.15, 0.2) is 11.5 Å². The Labute approximate surface area is 156 Å². The second-order valence-electron chi connectivity index (χ2n) is 4.84. The highest BCUT2D eigenvalue weighted by Crippen LogP contribution is 2.29. The van der Waals surface area contributed by atoms with E-state index >= 15 is 0 Å². The van der Waals surface area contributed by atoms with E-state index in [1.54, 1.807) is 6.07 Å². The van der Waals surface area contributed by atoms with E-state index in [4.69, 9.17) is 30.1 Å². The van der Waals surface area contributed by atoms with Gasteiger partial charge in [0, 0.05) is 12.3 Å². The molecular weight excluding hydrogens is 392 g/mol. The maximum absolute atomic E-state index is 11.1. The van der Waals surface area contributed by atoms with Gasteiger partial charge in [-0.2, -0.15) is 0 Å². The standard InChI is InChI=1S/C18H23BrO6/c1-3-6-21-7-8-22-9-10-23-11-12-24-18-13-16(14-19)4-5-17(18)25-15(2)20/h1,4-5,13H,6-12,14H2,2H3. The van der Waals surface area contributed by atoms with Gasteiger partial charge in [-0.15, -0.1) is 6.42 Å². The van der Waals surface area contributed by atoms with Crippen molar-refractivity contribution in [2.45, 2.75) is 12.3 Å². The second-order valence-corrected chi connectivity index (χ2v) is 5.40. The summed E-state index contributed by atoms with van der Waals surface area (Å²) >= 11 is 3.38. The average Bonchev–Trinajstić information content (AvgIpc) is 2.60. The molecule has 0 aliphatic carbocycles. The zero-order chi connectivity index (χ0) is 18.3. The number of benzene rings is 1. The van der Waals surface area contributed by atoms with Crippen LogP contribution in [-0.2, 0) is 24.3 Å². The third-order valence-electron chi connectivity index (χ3n) is 2.83. The Bertz CT molecular complexity index is 555. The fourth-order valence-corrected chi connectivity index (χ4v) is 2.12. The van der Waals surface area contributed by atoms with Crippen LogP contribution in [0.2, 0.25) is 0 Å². The molecule has 1 rings (SSSR count). The van der Waals surface area contributed by atoms with Crippen molar-refractivity contribution in [3.63, 3.8) is 0 Å². The van der Waals surface area contributed by atoms with Crippen molar-refractivity contribution in [1.82, 2.24) is 0 Å². The highest BCUT2D eigenvalue weighted by atomic mass is 79.9. The first kappa shape index (κ1) is 21.5. The number of terminal acetylenes is 1. The summed E-state index contributed by atoms with van der Waals surface area (Å²) in [6.07, 6.45) is 5.05. The topological polar surface area (TPSA) is 63.2 Å². The predicted molar refractivity (Wildman–Crippen MR) is 97.2 cm³/mol. The summed E-state index contributed by atoms with van der Waals surface area (Å²) in [7, 11) is 0. The summed E-state index contributed by atoms with van der Waals surface area (Å²) < 4.78 is 26.6. The molecule has 0 aromatic heterocycles. The van der Waals surface area contributed by atoms with Crippen LogP contribution in [0.15, 0.2) is 18.2 Å². The molecule has 0 amide bonds. The summed E-state index contributed by atoms with van der Waals surface area (Å²) in [6.45, 7) is 4.25. The van der Waals surface area contributed by atoms with E-state index in [9.17, 15) is 4.79 Å². The Hall–Kier alpha value is -1.59. The van der Waals surface area contributed by atoms with Crippen molar-refractivity contribution in [3.05, 3.63) is 23.8 Å². The lowest BCUT2D eigenvalue weighted by Crippen LogP contribution is -2.13. The number of esters is 1. The third-order valence-corrected chi connectivity index (χ3v) is 3.48. The van der Waals surface area contributed by atoms with Crippen LogP contribution in [0, 0.1) is 12.3 Å². The van der Waals surface area contributed by atoms with Crippen molar-refractivity contribution in [1.29, 1.82) is 0 Å². The summed E-state index contributed by atoms with van der Waals surface area (Å²) in [5.74, 6) is 2.90. The van der Waals surface area contributed by atoms with Gasteiger partial charge in [-0.1, -0.05) is 27.9 Å². The lowest BCUT2D eigenvalue weighted by molar-refractivity contribution is -0.132. The fourth-order valence-electron chi connectivity index (χ4n) is 1.77. The number of alkyl halides is 1. The molecule has 0 fully saturated rings. The quantitative estimate of drug-likeness (QED) is 0.162. The first-order valence-corrected chi connectivity index (χ1v) is 8.96. The van der Waals surface area contributed by atoms with Crippen LogP contribution in [0.25, 0.3) is 0 Å². The number of carbonyl (C=O) groups is 1. The molecule has 25 heavy (non-hydrogen) atoms. The average molecular weight is 415 g/mol. The first-order valence-electron chi connectivity index (χ1n) is 7.84. The Kier molecular flexibility index (Phi) is 11.7. The Morgan fingerprint density at radius 1 is 1.04 bits per heavy atom. The number of rotatable bonds is 13. The number of carbonyl (C=O) groups excluding carboxylic acids is 1. The first-order chi connectivity index (χ1) is 12.2. The molecule has 0 atom stereocenters. The van der Waals surface area contributed by atoms with Gasteiger partial charge in [0.05, 0.1) is 33.0 Å². The molecule has 138 valence electrons. The fraction of sp³-hybridized carbons (Fsp3) is 0.500. The molecular formula is C18H23BrO6. The Balaban J connectivity index is 2.20. The largest absolute Gasteiger partial charge is 0.487 e. The van der Waals surface area contributed by atoms with E-state index in [0.29, 0.717) is 63.1 Å². The van der Waals surface area contributed by atoms with E-state index in [1.165, 1.54) is 6.92 Å². The zero-order valence-corrected chi connectivity index (χ0v) is 15.9. The van der Waals surface area contributed by atoms with Crippen molar-refractivity contribution in [3.8, 4) is 23.8 Å². The number of hydrogen-bond donors (Lipinski definition) is 0. The van der Waals surface area contributed by atoms with Crippen LogP contribution in [0.3, 0.4) is 0 Å². The summed E-state index contributed by atoms with van der Waals surface area (Å²) in [4.78, 5) is 11.1. The molecule has 1 aromatic carbocycles. The molecule has 7 heteroatoms. The van der Waals surface area contributed by atoms with Gasteiger partial charge >= 0.3 is 5.97 Å². The maximum Gasteiger partial charge on any atom is 0.308 e. The summed E-state index contributed by atoms with van der Waals surface area (Å²) in [5.41, 5.74) is 1.02. The number of halogens is 1. The monoisotopic (exact) mass is 414 g/mol. The molecule has 0 saturated carbocycles. The molecule has 0 aliphatic rings. The van der Waals surface area contributed by atoms with Gasteiger partial charge in [-0.3, -0.25) is 4.79 Å². The molecule has 0 heterocycles. The van der Waals surface area contributed by atoms with Gasteiger partial charge in [-0.25, -0.2) is 0 Å². The molecule has 0 unspecified atom stereocenters. The summed E-state index contributed by atoms with van der Waals surface area (Å²) in [6, 6.07) is 5.40. The number of ether oxygens (including phenoxy) is 5. The lowest BCUT2D eigenvalue weighted by Gasteiger charge is -2.12. The molecule has 6 nitrogen and oxygen atoms in total. The van der Waals surface area contributed by atoms with Gasteiger partial charge < -0.3 is 23.7 Å². The molecule has 1 aromatic rings. The molecule has 0 aliphatic heterocycles. The SMILES string of the molecule is C#CCOCCOCCOCCOc1cc(CBr)ccc1OC(C)=O. The molecule has 0 bridgehead atoms. The van der Waals surface area contributed by atoms with Crippen LogP contribution < -0.4 is 9.47 Å². The van der Waals surface area contributed by atoms with Crippen LogP contribution in [-0.4, -0.2) is 52.2 Å². The van der Waals surface area contributed by atoms with Gasteiger partial charge in [0.1, 0.15) is 13.2 Å². The lowest BCUT2D eigenvalue weighted by atomic mass is 10.2. The molecule has 0 radical (unpaired) electrons. The van der Waals surface area contributed by atoms with Gasteiger partial charge in [0.25, 0.3) is 0 Å². The maximum atomic E-state index is 11.1. The summed E-state index contributed by atoms with van der Waals surface area (Å²) in [5, 5.41) is 0.683. The normalized spacial score (nSPS) is 10.3. The number of hydrogen-bond acceptors (Lipinski definition) is 6. The molecule has 0 saturated heterocycles. The smallest absolute Gasteiger partial charge is 0.308 e. The molecule has 0 N–H and O–H groups in total. The van der Waals surface area contributed by atoms with Crippen molar-refractivity contribution >= 4 is 21.9 Å². The minimum absolute atomic E-state index is 0.294.